The number of rotatable bonds is 8. The Balaban J connectivity index is 1.33. The van der Waals surface area contributed by atoms with Crippen LogP contribution in [0.3, 0.4) is 0 Å². The first kappa shape index (κ1) is 24.2. The first-order valence-electron chi connectivity index (χ1n) is 10.6. The van der Waals surface area contributed by atoms with E-state index in [0.717, 1.165) is 4.90 Å². The summed E-state index contributed by atoms with van der Waals surface area (Å²) < 4.78 is 28.3. The van der Waals surface area contributed by atoms with Gasteiger partial charge in [-0.2, -0.15) is 0 Å². The third kappa shape index (κ3) is 5.76. The summed E-state index contributed by atoms with van der Waals surface area (Å²) in [6, 6.07) is 14.1. The molecule has 0 unspecified atom stereocenters. The molecule has 184 valence electrons. The fraction of sp³-hybridized carbons (Fsp3) is 0.120. The number of furan rings is 1. The van der Waals surface area contributed by atoms with Crippen LogP contribution in [0.4, 0.5) is 14.9 Å². The van der Waals surface area contributed by atoms with Crippen molar-refractivity contribution in [1.29, 1.82) is 0 Å². The number of hydrogen-bond acceptors (Lipinski definition) is 7. The van der Waals surface area contributed by atoms with Crippen molar-refractivity contribution in [2.75, 3.05) is 19.0 Å². The second-order valence-electron chi connectivity index (χ2n) is 7.55. The van der Waals surface area contributed by atoms with E-state index >= 15 is 0 Å². The van der Waals surface area contributed by atoms with Crippen LogP contribution < -0.4 is 15.4 Å². The lowest BCUT2D eigenvalue weighted by Gasteiger charge is -2.09. The standard InChI is InChI=1S/C25H20FN3O7/c1-34-24(32)21-11-10-19(36-21)13-29-23(31)20(28-25(29)33)12-15-2-8-18(9-3-15)35-14-22(30)27-17-6-4-16(26)5-7-17/h2-12H,13-14H2,1H3,(H,27,30)(H,28,33). The minimum atomic E-state index is -0.667. The molecule has 2 aromatic carbocycles. The van der Waals surface area contributed by atoms with Gasteiger partial charge in [0, 0.05) is 5.69 Å². The van der Waals surface area contributed by atoms with Crippen LogP contribution in [0.1, 0.15) is 21.9 Å². The summed E-state index contributed by atoms with van der Waals surface area (Å²) >= 11 is 0. The van der Waals surface area contributed by atoms with Crippen LogP contribution in [-0.2, 0) is 20.9 Å². The lowest BCUT2D eigenvalue weighted by Crippen LogP contribution is -2.30. The molecule has 4 rings (SSSR count). The quantitative estimate of drug-likeness (QED) is 0.280. The van der Waals surface area contributed by atoms with Gasteiger partial charge in [-0.1, -0.05) is 12.1 Å². The minimum absolute atomic E-state index is 0.0365. The van der Waals surface area contributed by atoms with E-state index in [-0.39, 0.29) is 30.4 Å². The lowest BCUT2D eigenvalue weighted by molar-refractivity contribution is -0.123. The number of nitrogens with zero attached hydrogens (tertiary/aromatic N) is 1. The van der Waals surface area contributed by atoms with Crippen LogP contribution in [0.15, 0.2) is 70.8 Å². The largest absolute Gasteiger partial charge is 0.484 e. The molecule has 1 aliphatic heterocycles. The Hall–Kier alpha value is -4.93. The lowest BCUT2D eigenvalue weighted by atomic mass is 10.2. The number of hydrogen-bond donors (Lipinski definition) is 2. The molecule has 1 saturated heterocycles. The summed E-state index contributed by atoms with van der Waals surface area (Å²) in [5.41, 5.74) is 1.11. The molecule has 2 N–H and O–H groups in total. The number of carbonyl (C=O) groups is 4. The summed E-state index contributed by atoms with van der Waals surface area (Å²) in [5, 5.41) is 5.09. The first-order valence-corrected chi connectivity index (χ1v) is 10.6. The predicted molar refractivity (Wildman–Crippen MR) is 124 cm³/mol. The fourth-order valence-electron chi connectivity index (χ4n) is 3.25. The van der Waals surface area contributed by atoms with Gasteiger partial charge in [0.05, 0.1) is 13.7 Å². The second-order valence-corrected chi connectivity index (χ2v) is 7.55. The smallest absolute Gasteiger partial charge is 0.373 e. The third-order valence-electron chi connectivity index (χ3n) is 5.01. The normalized spacial score (nSPS) is 14.1. The molecular formula is C25H20FN3O7. The zero-order valence-electron chi connectivity index (χ0n) is 18.9. The van der Waals surface area contributed by atoms with Crippen molar-refractivity contribution in [3.05, 3.63) is 89.3 Å². The molecule has 10 nitrogen and oxygen atoms in total. The number of methoxy groups -OCH3 is 1. The molecule has 0 saturated carbocycles. The Morgan fingerprint density at radius 2 is 1.78 bits per heavy atom. The molecule has 3 aromatic rings. The molecule has 4 amide bonds. The Labute approximate surface area is 204 Å². The van der Waals surface area contributed by atoms with Crippen LogP contribution in [0, 0.1) is 5.82 Å². The van der Waals surface area contributed by atoms with Gasteiger partial charge in [-0.25, -0.2) is 14.0 Å². The highest BCUT2D eigenvalue weighted by Crippen LogP contribution is 2.20. The average molecular weight is 493 g/mol. The summed E-state index contributed by atoms with van der Waals surface area (Å²) in [7, 11) is 1.21. The van der Waals surface area contributed by atoms with Gasteiger partial charge in [0.25, 0.3) is 11.8 Å². The van der Waals surface area contributed by atoms with Crippen molar-refractivity contribution >= 4 is 35.6 Å². The van der Waals surface area contributed by atoms with Gasteiger partial charge >= 0.3 is 12.0 Å². The maximum Gasteiger partial charge on any atom is 0.373 e. The summed E-state index contributed by atoms with van der Waals surface area (Å²) in [4.78, 5) is 49.4. The molecule has 2 heterocycles. The number of halogens is 1. The third-order valence-corrected chi connectivity index (χ3v) is 5.01. The Morgan fingerprint density at radius 1 is 1.06 bits per heavy atom. The number of urea groups is 1. The van der Waals surface area contributed by atoms with Crippen molar-refractivity contribution < 1.29 is 37.5 Å². The van der Waals surface area contributed by atoms with E-state index in [1.54, 1.807) is 24.3 Å². The van der Waals surface area contributed by atoms with Gasteiger partial charge in [-0.15, -0.1) is 0 Å². The van der Waals surface area contributed by atoms with Crippen molar-refractivity contribution in [3.63, 3.8) is 0 Å². The van der Waals surface area contributed by atoms with Crippen LogP contribution in [0.5, 0.6) is 5.75 Å². The molecule has 0 atom stereocenters. The van der Waals surface area contributed by atoms with Crippen LogP contribution >= 0.6 is 0 Å². The molecule has 1 aliphatic rings. The average Bonchev–Trinajstić information content (AvgIpc) is 3.45. The van der Waals surface area contributed by atoms with Crippen LogP contribution in [0.25, 0.3) is 6.08 Å². The van der Waals surface area contributed by atoms with Gasteiger partial charge in [0.15, 0.2) is 6.61 Å². The van der Waals surface area contributed by atoms with E-state index in [1.807, 2.05) is 0 Å². The van der Waals surface area contributed by atoms with E-state index in [0.29, 0.717) is 17.0 Å². The van der Waals surface area contributed by atoms with Crippen LogP contribution in [0.2, 0.25) is 0 Å². The highest BCUT2D eigenvalue weighted by atomic mass is 19.1. The fourth-order valence-corrected chi connectivity index (χ4v) is 3.25. The van der Waals surface area contributed by atoms with Gasteiger partial charge in [0.1, 0.15) is 23.0 Å². The molecule has 0 radical (unpaired) electrons. The maximum absolute atomic E-state index is 12.9. The number of anilines is 1. The number of imide groups is 1. The van der Waals surface area contributed by atoms with Crippen molar-refractivity contribution in [2.45, 2.75) is 6.54 Å². The zero-order chi connectivity index (χ0) is 25.7. The predicted octanol–water partition coefficient (Wildman–Crippen LogP) is 3.32. The zero-order valence-corrected chi connectivity index (χ0v) is 18.9. The molecule has 36 heavy (non-hydrogen) atoms. The Morgan fingerprint density at radius 3 is 2.47 bits per heavy atom. The number of nitrogens with one attached hydrogen (secondary N) is 2. The number of ether oxygens (including phenoxy) is 2. The van der Waals surface area contributed by atoms with E-state index in [4.69, 9.17) is 9.15 Å². The first-order chi connectivity index (χ1) is 17.3. The van der Waals surface area contributed by atoms with E-state index in [2.05, 4.69) is 15.4 Å². The molecular weight excluding hydrogens is 473 g/mol. The van der Waals surface area contributed by atoms with Crippen molar-refractivity contribution in [2.24, 2.45) is 0 Å². The molecule has 0 aliphatic carbocycles. The molecule has 11 heteroatoms. The highest BCUT2D eigenvalue weighted by molar-refractivity contribution is 6.13. The molecule has 1 aromatic heterocycles. The number of amides is 4. The Kier molecular flexibility index (Phi) is 7.10. The van der Waals surface area contributed by atoms with Gasteiger partial charge in [-0.3, -0.25) is 14.5 Å². The van der Waals surface area contributed by atoms with Gasteiger partial charge in [0.2, 0.25) is 5.76 Å². The molecule has 1 fully saturated rings. The summed E-state index contributed by atoms with van der Waals surface area (Å²) in [6.45, 7) is -0.419. The number of benzene rings is 2. The van der Waals surface area contributed by atoms with Gasteiger partial charge in [-0.05, 0) is 60.2 Å². The van der Waals surface area contributed by atoms with Crippen molar-refractivity contribution in [3.8, 4) is 5.75 Å². The van der Waals surface area contributed by atoms with Gasteiger partial charge < -0.3 is 24.5 Å². The van der Waals surface area contributed by atoms with Crippen LogP contribution in [-0.4, -0.2) is 42.4 Å². The summed E-state index contributed by atoms with van der Waals surface area (Å²) in [5.74, 6) is -1.43. The van der Waals surface area contributed by atoms with E-state index < -0.39 is 29.6 Å². The van der Waals surface area contributed by atoms with E-state index in [1.165, 1.54) is 49.6 Å². The van der Waals surface area contributed by atoms with E-state index in [9.17, 15) is 23.6 Å². The van der Waals surface area contributed by atoms with Crippen molar-refractivity contribution in [1.82, 2.24) is 10.2 Å². The number of carbonyl (C=O) groups excluding carboxylic acids is 4. The minimum Gasteiger partial charge on any atom is -0.484 e. The topological polar surface area (TPSA) is 127 Å². The Bertz CT molecular complexity index is 1330. The SMILES string of the molecule is COC(=O)c1ccc(CN2C(=O)NC(=Cc3ccc(OCC(=O)Nc4ccc(F)cc4)cc3)C2=O)o1. The second kappa shape index (κ2) is 10.6. The molecule has 0 spiro atoms. The maximum atomic E-state index is 12.9. The summed E-state index contributed by atoms with van der Waals surface area (Å²) in [6.07, 6.45) is 1.49. The number of esters is 1. The monoisotopic (exact) mass is 493 g/mol. The molecule has 0 bridgehead atoms. The highest BCUT2D eigenvalue weighted by Gasteiger charge is 2.34.